The summed E-state index contributed by atoms with van der Waals surface area (Å²) in [5.41, 5.74) is 3.55. The molecule has 0 aliphatic carbocycles. The number of nitrogens with one attached hydrogen (secondary N) is 2. The van der Waals surface area contributed by atoms with E-state index in [0.717, 1.165) is 48.6 Å². The van der Waals surface area contributed by atoms with Gasteiger partial charge < -0.3 is 19.9 Å². The number of nitrogens with zero attached hydrogens (tertiary/aromatic N) is 1. The van der Waals surface area contributed by atoms with Gasteiger partial charge in [0.1, 0.15) is 0 Å². The zero-order valence-corrected chi connectivity index (χ0v) is 15.1. The molecule has 1 amide bonds. The quantitative estimate of drug-likeness (QED) is 0.750. The van der Waals surface area contributed by atoms with E-state index in [1.54, 1.807) is 6.07 Å². The number of anilines is 2. The highest BCUT2D eigenvalue weighted by Crippen LogP contribution is 2.24. The maximum absolute atomic E-state index is 12.8. The molecule has 1 fully saturated rings. The summed E-state index contributed by atoms with van der Waals surface area (Å²) < 4.78 is 5.39. The molecule has 2 N–H and O–H groups in total. The van der Waals surface area contributed by atoms with Crippen LogP contribution in [0.15, 0.2) is 53.3 Å². The Hall–Kier alpha value is -3.12. The Labute approximate surface area is 156 Å². The standard InChI is InChI=1S/C21H21N3O3/c1-14-12-15(24-8-10-27-11-9-24)6-7-18(14)23-21(26)17-13-20(25)22-19-5-3-2-4-16(17)19/h2-7,12-13H,8-11H2,1H3,(H,22,25)(H,23,26). The third-order valence-corrected chi connectivity index (χ3v) is 4.83. The average Bonchev–Trinajstić information content (AvgIpc) is 2.69. The number of pyridine rings is 1. The lowest BCUT2D eigenvalue weighted by molar-refractivity contribution is 0.102. The highest BCUT2D eigenvalue weighted by Gasteiger charge is 2.15. The Morgan fingerprint density at radius 3 is 2.67 bits per heavy atom. The van der Waals surface area contributed by atoms with Gasteiger partial charge in [-0.1, -0.05) is 18.2 Å². The van der Waals surface area contributed by atoms with Crippen LogP contribution in [0.25, 0.3) is 10.9 Å². The highest BCUT2D eigenvalue weighted by molar-refractivity contribution is 6.12. The number of benzene rings is 2. The molecule has 0 saturated carbocycles. The number of hydrogen-bond donors (Lipinski definition) is 2. The van der Waals surface area contributed by atoms with E-state index in [4.69, 9.17) is 4.74 Å². The van der Waals surface area contributed by atoms with E-state index in [2.05, 4.69) is 21.3 Å². The van der Waals surface area contributed by atoms with Gasteiger partial charge in [-0.15, -0.1) is 0 Å². The fourth-order valence-corrected chi connectivity index (χ4v) is 3.39. The summed E-state index contributed by atoms with van der Waals surface area (Å²) in [5.74, 6) is -0.292. The number of aromatic nitrogens is 1. The lowest BCUT2D eigenvalue weighted by Crippen LogP contribution is -2.36. The van der Waals surface area contributed by atoms with Crippen LogP contribution in [0.5, 0.6) is 0 Å². The van der Waals surface area contributed by atoms with Gasteiger partial charge in [-0.3, -0.25) is 9.59 Å². The topological polar surface area (TPSA) is 74.4 Å². The van der Waals surface area contributed by atoms with Crippen LogP contribution in [0.3, 0.4) is 0 Å². The van der Waals surface area contributed by atoms with Gasteiger partial charge in [-0.2, -0.15) is 0 Å². The first-order chi connectivity index (χ1) is 13.1. The summed E-state index contributed by atoms with van der Waals surface area (Å²) in [6.45, 7) is 5.16. The third kappa shape index (κ3) is 3.57. The lowest BCUT2D eigenvalue weighted by Gasteiger charge is -2.29. The number of aryl methyl sites for hydroxylation is 1. The minimum atomic E-state index is -0.293. The Kier molecular flexibility index (Phi) is 4.64. The lowest BCUT2D eigenvalue weighted by atomic mass is 10.1. The zero-order valence-electron chi connectivity index (χ0n) is 15.1. The molecule has 0 radical (unpaired) electrons. The number of fused-ring (bicyclic) bond motifs is 1. The molecule has 1 aliphatic rings. The number of carbonyl (C=O) groups is 1. The Morgan fingerprint density at radius 2 is 1.89 bits per heavy atom. The summed E-state index contributed by atoms with van der Waals surface area (Å²) in [6, 6.07) is 14.6. The Bertz CT molecular complexity index is 1050. The van der Waals surface area contributed by atoms with Gasteiger partial charge in [-0.05, 0) is 36.8 Å². The fraction of sp³-hybridized carbons (Fsp3) is 0.238. The molecule has 0 atom stereocenters. The number of para-hydroxylation sites is 1. The summed E-state index contributed by atoms with van der Waals surface area (Å²) in [6.07, 6.45) is 0. The van der Waals surface area contributed by atoms with Crippen LogP contribution in [0.1, 0.15) is 15.9 Å². The van der Waals surface area contributed by atoms with E-state index >= 15 is 0 Å². The minimum Gasteiger partial charge on any atom is -0.378 e. The molecule has 1 saturated heterocycles. The molecule has 1 aliphatic heterocycles. The number of hydrogen-bond acceptors (Lipinski definition) is 4. The first-order valence-corrected chi connectivity index (χ1v) is 8.98. The number of ether oxygens (including phenoxy) is 1. The molecule has 0 spiro atoms. The van der Waals surface area contributed by atoms with Crippen molar-refractivity contribution in [2.75, 3.05) is 36.5 Å². The normalized spacial score (nSPS) is 14.3. The van der Waals surface area contributed by atoms with Gasteiger partial charge in [0.05, 0.1) is 18.8 Å². The zero-order chi connectivity index (χ0) is 18.8. The predicted octanol–water partition coefficient (Wildman–Crippen LogP) is 2.93. The second kappa shape index (κ2) is 7.25. The van der Waals surface area contributed by atoms with E-state index in [1.807, 2.05) is 37.3 Å². The van der Waals surface area contributed by atoms with Gasteiger partial charge >= 0.3 is 0 Å². The van der Waals surface area contributed by atoms with Gasteiger partial charge in [0.15, 0.2) is 0 Å². The molecule has 1 aromatic heterocycles. The number of carbonyl (C=O) groups excluding carboxylic acids is 1. The van der Waals surface area contributed by atoms with Crippen molar-refractivity contribution < 1.29 is 9.53 Å². The van der Waals surface area contributed by atoms with Crippen molar-refractivity contribution in [2.24, 2.45) is 0 Å². The van der Waals surface area contributed by atoms with E-state index in [0.29, 0.717) is 11.1 Å². The van der Waals surface area contributed by atoms with Gasteiger partial charge in [0.2, 0.25) is 5.56 Å². The van der Waals surface area contributed by atoms with Crippen LogP contribution in [0, 0.1) is 6.92 Å². The summed E-state index contributed by atoms with van der Waals surface area (Å²) in [5, 5.41) is 3.66. The van der Waals surface area contributed by atoms with E-state index in [9.17, 15) is 9.59 Å². The molecule has 3 aromatic rings. The van der Waals surface area contributed by atoms with Crippen LogP contribution < -0.4 is 15.8 Å². The second-order valence-corrected chi connectivity index (χ2v) is 6.65. The average molecular weight is 363 g/mol. The molecule has 6 nitrogen and oxygen atoms in total. The largest absolute Gasteiger partial charge is 0.378 e. The summed E-state index contributed by atoms with van der Waals surface area (Å²) >= 11 is 0. The second-order valence-electron chi connectivity index (χ2n) is 6.65. The minimum absolute atomic E-state index is 0.292. The van der Waals surface area contributed by atoms with Crippen molar-refractivity contribution in [2.45, 2.75) is 6.92 Å². The molecule has 0 bridgehead atoms. The van der Waals surface area contributed by atoms with Crippen LogP contribution in [0.4, 0.5) is 11.4 Å². The Balaban J connectivity index is 1.61. The van der Waals surface area contributed by atoms with Crippen LogP contribution >= 0.6 is 0 Å². The van der Waals surface area contributed by atoms with Gasteiger partial charge in [-0.25, -0.2) is 0 Å². The summed E-state index contributed by atoms with van der Waals surface area (Å²) in [7, 11) is 0. The smallest absolute Gasteiger partial charge is 0.256 e. The molecule has 2 heterocycles. The molecule has 27 heavy (non-hydrogen) atoms. The number of amides is 1. The summed E-state index contributed by atoms with van der Waals surface area (Å²) in [4.78, 5) is 29.7. The maximum Gasteiger partial charge on any atom is 0.256 e. The Morgan fingerprint density at radius 1 is 1.11 bits per heavy atom. The van der Waals surface area contributed by atoms with Gasteiger partial charge in [0, 0.05) is 41.4 Å². The van der Waals surface area contributed by atoms with E-state index in [-0.39, 0.29) is 11.5 Å². The SMILES string of the molecule is Cc1cc(N2CCOCC2)ccc1NC(=O)c1cc(=O)[nH]c2ccccc12. The van der Waals surface area contributed by atoms with Crippen molar-refractivity contribution in [1.29, 1.82) is 0 Å². The first-order valence-electron chi connectivity index (χ1n) is 8.98. The van der Waals surface area contributed by atoms with Gasteiger partial charge in [0.25, 0.3) is 5.91 Å². The number of morpholine rings is 1. The first kappa shape index (κ1) is 17.3. The van der Waals surface area contributed by atoms with Crippen molar-refractivity contribution in [3.8, 4) is 0 Å². The maximum atomic E-state index is 12.8. The van der Waals surface area contributed by atoms with E-state index in [1.165, 1.54) is 6.07 Å². The molecule has 138 valence electrons. The fourth-order valence-electron chi connectivity index (χ4n) is 3.39. The van der Waals surface area contributed by atoms with Crippen LogP contribution in [0.2, 0.25) is 0 Å². The number of rotatable bonds is 3. The predicted molar refractivity (Wildman–Crippen MR) is 107 cm³/mol. The van der Waals surface area contributed by atoms with E-state index < -0.39 is 0 Å². The molecule has 6 heteroatoms. The van der Waals surface area contributed by atoms with Crippen molar-refractivity contribution in [1.82, 2.24) is 4.98 Å². The molecule has 0 unspecified atom stereocenters. The monoisotopic (exact) mass is 363 g/mol. The molecule has 4 rings (SSSR count). The molecular weight excluding hydrogens is 342 g/mol. The van der Waals surface area contributed by atoms with Crippen molar-refractivity contribution in [3.05, 3.63) is 70.0 Å². The number of H-pyrrole nitrogens is 1. The molecular formula is C21H21N3O3. The third-order valence-electron chi connectivity index (χ3n) is 4.83. The highest BCUT2D eigenvalue weighted by atomic mass is 16.5. The molecule has 2 aromatic carbocycles. The van der Waals surface area contributed by atoms with Crippen LogP contribution in [-0.2, 0) is 4.74 Å². The van der Waals surface area contributed by atoms with Crippen LogP contribution in [-0.4, -0.2) is 37.2 Å². The van der Waals surface area contributed by atoms with Crippen molar-refractivity contribution in [3.63, 3.8) is 0 Å². The van der Waals surface area contributed by atoms with Crippen molar-refractivity contribution >= 4 is 28.2 Å². The number of aromatic amines is 1.